The first-order chi connectivity index (χ1) is 8.95. The molecule has 0 aliphatic carbocycles. The summed E-state index contributed by atoms with van der Waals surface area (Å²) < 4.78 is 37.2. The Balaban J connectivity index is 3.28. The maximum absolute atomic E-state index is 11.0. The smallest absolute Gasteiger partial charge is 0.397 e. The summed E-state index contributed by atoms with van der Waals surface area (Å²) in [4.78, 5) is 11.0. The van der Waals surface area contributed by atoms with Crippen LogP contribution in [0.15, 0.2) is 0 Å². The Morgan fingerprint density at radius 1 is 1.00 bits per heavy atom. The Labute approximate surface area is 115 Å². The molecule has 6 nitrogen and oxygen atoms in total. The minimum atomic E-state index is -4.57. The Morgan fingerprint density at radius 2 is 1.53 bits per heavy atom. The first-order valence-electron chi connectivity index (χ1n) is 6.73. The zero-order chi connectivity index (χ0) is 14.6. The highest BCUT2D eigenvalue weighted by molar-refractivity contribution is 7.80. The topological polar surface area (TPSA) is 89.9 Å². The van der Waals surface area contributed by atoms with E-state index in [9.17, 15) is 13.2 Å². The summed E-state index contributed by atoms with van der Waals surface area (Å²) in [5, 5.41) is 0. The highest BCUT2D eigenvalue weighted by atomic mass is 32.3. The van der Waals surface area contributed by atoms with Crippen molar-refractivity contribution in [2.24, 2.45) is 0 Å². The lowest BCUT2D eigenvalue weighted by atomic mass is 10.1. The molecule has 0 unspecified atom stereocenters. The van der Waals surface area contributed by atoms with E-state index in [0.717, 1.165) is 19.3 Å². The predicted molar refractivity (Wildman–Crippen MR) is 71.1 cm³/mol. The van der Waals surface area contributed by atoms with Crippen molar-refractivity contribution in [1.82, 2.24) is 0 Å². The van der Waals surface area contributed by atoms with E-state index in [2.05, 4.69) is 11.1 Å². The number of hydrogen-bond donors (Lipinski definition) is 1. The third-order valence-corrected chi connectivity index (χ3v) is 3.00. The van der Waals surface area contributed by atoms with Gasteiger partial charge in [-0.05, 0) is 6.42 Å². The van der Waals surface area contributed by atoms with Crippen LogP contribution in [-0.4, -0.2) is 32.2 Å². The van der Waals surface area contributed by atoms with Gasteiger partial charge in [-0.2, -0.15) is 8.42 Å². The molecule has 114 valence electrons. The summed E-state index contributed by atoms with van der Waals surface area (Å²) in [7, 11) is -4.57. The zero-order valence-corrected chi connectivity index (χ0v) is 12.3. The summed E-state index contributed by atoms with van der Waals surface area (Å²) >= 11 is 0. The molecule has 0 radical (unpaired) electrons. The molecule has 0 atom stereocenters. The van der Waals surface area contributed by atoms with Gasteiger partial charge in [-0.15, -0.1) is 0 Å². The van der Waals surface area contributed by atoms with Crippen LogP contribution in [0.2, 0.25) is 0 Å². The second-order valence-electron chi connectivity index (χ2n) is 4.39. The first-order valence-corrected chi connectivity index (χ1v) is 8.09. The fourth-order valence-corrected chi connectivity index (χ4v) is 1.83. The van der Waals surface area contributed by atoms with Gasteiger partial charge in [0.1, 0.15) is 0 Å². The van der Waals surface area contributed by atoms with E-state index in [1.54, 1.807) is 0 Å². The zero-order valence-electron chi connectivity index (χ0n) is 11.5. The number of carbonyl (C=O) groups is 1. The van der Waals surface area contributed by atoms with Gasteiger partial charge in [0.2, 0.25) is 0 Å². The first kappa shape index (κ1) is 18.3. The molecule has 0 saturated heterocycles. The van der Waals surface area contributed by atoms with Crippen molar-refractivity contribution < 1.29 is 26.7 Å². The standard InChI is InChI=1S/C12H24O6S/c1-2-3-4-5-6-7-8-9-10-17-12(13)11-18-19(14,15)16/h2-11H2,1H3,(H,14,15,16). The molecule has 1 N–H and O–H groups in total. The van der Waals surface area contributed by atoms with Crippen molar-refractivity contribution in [2.45, 2.75) is 58.3 Å². The van der Waals surface area contributed by atoms with Crippen molar-refractivity contribution in [3.8, 4) is 0 Å². The van der Waals surface area contributed by atoms with E-state index in [0.29, 0.717) is 0 Å². The minimum absolute atomic E-state index is 0.253. The van der Waals surface area contributed by atoms with Crippen LogP contribution in [0, 0.1) is 0 Å². The fraction of sp³-hybridized carbons (Fsp3) is 0.917. The van der Waals surface area contributed by atoms with Crippen LogP contribution in [0.25, 0.3) is 0 Å². The Hall–Kier alpha value is -0.660. The maximum atomic E-state index is 11.0. The molecule has 0 aliphatic heterocycles. The normalized spacial score (nSPS) is 11.5. The third kappa shape index (κ3) is 15.3. The Kier molecular flexibility index (Phi) is 10.8. The quantitative estimate of drug-likeness (QED) is 0.338. The molecular weight excluding hydrogens is 272 g/mol. The summed E-state index contributed by atoms with van der Waals surface area (Å²) in [6, 6.07) is 0. The summed E-state index contributed by atoms with van der Waals surface area (Å²) in [6.07, 6.45) is 9.09. The Morgan fingerprint density at radius 3 is 2.05 bits per heavy atom. The lowest BCUT2D eigenvalue weighted by Gasteiger charge is -2.04. The molecule has 19 heavy (non-hydrogen) atoms. The van der Waals surface area contributed by atoms with Gasteiger partial charge in [0.15, 0.2) is 6.61 Å². The van der Waals surface area contributed by atoms with Gasteiger partial charge in [0.05, 0.1) is 6.61 Å². The summed E-state index contributed by atoms with van der Waals surface area (Å²) in [6.45, 7) is 1.65. The van der Waals surface area contributed by atoms with Crippen molar-refractivity contribution >= 4 is 16.4 Å². The maximum Gasteiger partial charge on any atom is 0.397 e. The second-order valence-corrected chi connectivity index (χ2v) is 5.48. The monoisotopic (exact) mass is 296 g/mol. The molecule has 0 aromatic rings. The lowest BCUT2D eigenvalue weighted by molar-refractivity contribution is -0.146. The molecular formula is C12H24O6S. The molecule has 0 saturated carbocycles. The molecule has 7 heteroatoms. The molecule has 0 spiro atoms. The molecule has 0 amide bonds. The van der Waals surface area contributed by atoms with E-state index in [1.807, 2.05) is 0 Å². The molecule has 0 aliphatic rings. The van der Waals surface area contributed by atoms with Gasteiger partial charge in [0, 0.05) is 0 Å². The van der Waals surface area contributed by atoms with Crippen LogP contribution < -0.4 is 0 Å². The number of esters is 1. The average Bonchev–Trinajstić information content (AvgIpc) is 2.33. The van der Waals surface area contributed by atoms with Crippen LogP contribution in [0.3, 0.4) is 0 Å². The average molecular weight is 296 g/mol. The highest BCUT2D eigenvalue weighted by Gasteiger charge is 2.10. The van der Waals surface area contributed by atoms with Crippen LogP contribution in [0.1, 0.15) is 58.3 Å². The molecule has 0 aromatic carbocycles. The van der Waals surface area contributed by atoms with E-state index in [1.165, 1.54) is 32.1 Å². The van der Waals surface area contributed by atoms with Gasteiger partial charge in [-0.1, -0.05) is 51.9 Å². The molecule has 0 bridgehead atoms. The minimum Gasteiger partial charge on any atom is -0.464 e. The Bertz CT molecular complexity index is 325. The molecule has 0 aromatic heterocycles. The van der Waals surface area contributed by atoms with Crippen LogP contribution >= 0.6 is 0 Å². The van der Waals surface area contributed by atoms with Crippen LogP contribution in [0.5, 0.6) is 0 Å². The lowest BCUT2D eigenvalue weighted by Crippen LogP contribution is -2.16. The van der Waals surface area contributed by atoms with Crippen LogP contribution in [-0.2, 0) is 24.1 Å². The molecule has 0 heterocycles. The number of rotatable bonds is 12. The second kappa shape index (κ2) is 11.2. The van der Waals surface area contributed by atoms with Gasteiger partial charge in [-0.25, -0.2) is 8.98 Å². The van der Waals surface area contributed by atoms with E-state index in [4.69, 9.17) is 9.29 Å². The van der Waals surface area contributed by atoms with Crippen LogP contribution in [0.4, 0.5) is 0 Å². The van der Waals surface area contributed by atoms with Crippen molar-refractivity contribution in [3.63, 3.8) is 0 Å². The van der Waals surface area contributed by atoms with Gasteiger partial charge < -0.3 is 4.74 Å². The van der Waals surface area contributed by atoms with Gasteiger partial charge >= 0.3 is 16.4 Å². The van der Waals surface area contributed by atoms with E-state index < -0.39 is 23.0 Å². The van der Waals surface area contributed by atoms with E-state index >= 15 is 0 Å². The number of unbranched alkanes of at least 4 members (excludes halogenated alkanes) is 7. The third-order valence-electron chi connectivity index (χ3n) is 2.59. The highest BCUT2D eigenvalue weighted by Crippen LogP contribution is 2.08. The molecule has 0 rings (SSSR count). The van der Waals surface area contributed by atoms with Crippen molar-refractivity contribution in [1.29, 1.82) is 0 Å². The summed E-state index contributed by atoms with van der Waals surface area (Å²) in [5.41, 5.74) is 0. The van der Waals surface area contributed by atoms with E-state index in [-0.39, 0.29) is 6.61 Å². The predicted octanol–water partition coefficient (Wildman–Crippen LogP) is 2.49. The molecule has 0 fully saturated rings. The van der Waals surface area contributed by atoms with Crippen molar-refractivity contribution in [3.05, 3.63) is 0 Å². The largest absolute Gasteiger partial charge is 0.464 e. The number of ether oxygens (including phenoxy) is 1. The number of hydrogen-bond acceptors (Lipinski definition) is 5. The van der Waals surface area contributed by atoms with Crippen molar-refractivity contribution in [2.75, 3.05) is 13.2 Å². The number of carbonyl (C=O) groups excluding carboxylic acids is 1. The van der Waals surface area contributed by atoms with Gasteiger partial charge in [-0.3, -0.25) is 4.55 Å². The van der Waals surface area contributed by atoms with Gasteiger partial charge in [0.25, 0.3) is 0 Å². The summed E-state index contributed by atoms with van der Waals surface area (Å²) in [5.74, 6) is -0.791. The fourth-order valence-electron chi connectivity index (χ4n) is 1.59. The SMILES string of the molecule is CCCCCCCCCCOC(=O)COS(=O)(=O)O.